The molecule has 1 heterocycles. The number of ether oxygens (including phenoxy) is 3. The van der Waals surface area contributed by atoms with Gasteiger partial charge in [0.2, 0.25) is 5.91 Å². The molecule has 0 aliphatic carbocycles. The van der Waals surface area contributed by atoms with Crippen molar-refractivity contribution in [1.82, 2.24) is 4.90 Å². The van der Waals surface area contributed by atoms with E-state index in [-0.39, 0.29) is 26.0 Å². The average Bonchev–Trinajstić information content (AvgIpc) is 3.13. The van der Waals surface area contributed by atoms with Crippen LogP contribution in [-0.4, -0.2) is 48.7 Å². The van der Waals surface area contributed by atoms with Gasteiger partial charge < -0.3 is 24.8 Å². The van der Waals surface area contributed by atoms with Crippen molar-refractivity contribution >= 4 is 25.6 Å². The van der Waals surface area contributed by atoms with Gasteiger partial charge in [-0.05, 0) is 57.5 Å². The summed E-state index contributed by atoms with van der Waals surface area (Å²) in [6, 6.07) is 9.30. The Labute approximate surface area is 204 Å². The third-order valence-corrected chi connectivity index (χ3v) is 5.92. The summed E-state index contributed by atoms with van der Waals surface area (Å²) < 4.78 is 30.6. The zero-order valence-electron chi connectivity index (χ0n) is 20.6. The van der Waals surface area contributed by atoms with Crippen LogP contribution in [-0.2, 0) is 27.5 Å². The number of nitrogens with zero attached hydrogens (tertiary/aromatic N) is 1. The number of carbonyl (C=O) groups is 3. The number of benzene rings is 2. The quantitative estimate of drug-likeness (QED) is 0.433. The number of hydrogen-bond acceptors (Lipinski definition) is 6. The van der Waals surface area contributed by atoms with Gasteiger partial charge in [-0.3, -0.25) is 14.4 Å². The van der Waals surface area contributed by atoms with Gasteiger partial charge in [-0.1, -0.05) is 6.07 Å². The highest BCUT2D eigenvalue weighted by Crippen LogP contribution is 2.36. The number of carbonyl (C=O) groups excluding carboxylic acids is 3. The second kappa shape index (κ2) is 9.97. The van der Waals surface area contributed by atoms with Crippen LogP contribution >= 0.6 is 0 Å². The fourth-order valence-electron chi connectivity index (χ4n) is 3.91. The Morgan fingerprint density at radius 3 is 2.54 bits per heavy atom. The highest BCUT2D eigenvalue weighted by Gasteiger charge is 2.45. The zero-order valence-corrected chi connectivity index (χ0v) is 20.6. The molecule has 8 nitrogen and oxygen atoms in total. The van der Waals surface area contributed by atoms with Crippen molar-refractivity contribution in [2.24, 2.45) is 5.73 Å². The van der Waals surface area contributed by atoms with Gasteiger partial charge in [-0.25, -0.2) is 4.39 Å². The lowest BCUT2D eigenvalue weighted by molar-refractivity contribution is -0.155. The Bertz CT molecular complexity index is 1150. The van der Waals surface area contributed by atoms with Crippen molar-refractivity contribution in [2.45, 2.75) is 57.8 Å². The van der Waals surface area contributed by atoms with Crippen molar-refractivity contribution in [2.75, 3.05) is 7.11 Å². The fourth-order valence-corrected chi connectivity index (χ4v) is 3.91. The maximum absolute atomic E-state index is 14.2. The molecule has 0 radical (unpaired) electrons. The topological polar surface area (TPSA) is 108 Å². The normalized spacial score (nSPS) is 14.8. The van der Waals surface area contributed by atoms with E-state index in [0.717, 1.165) is 0 Å². The lowest BCUT2D eigenvalue weighted by atomic mass is 9.72. The van der Waals surface area contributed by atoms with E-state index in [1.54, 1.807) is 39.0 Å². The second-order valence-electron chi connectivity index (χ2n) is 9.64. The van der Waals surface area contributed by atoms with E-state index in [1.807, 2.05) is 0 Å². The number of esters is 1. The second-order valence-corrected chi connectivity index (χ2v) is 9.64. The molecule has 2 amide bonds. The van der Waals surface area contributed by atoms with Crippen LogP contribution < -0.4 is 15.2 Å². The highest BCUT2D eigenvalue weighted by atomic mass is 19.1. The number of nitrogens with two attached hydrogens (primary N) is 1. The molecule has 1 aliphatic heterocycles. The predicted octanol–water partition coefficient (Wildman–Crippen LogP) is 2.31. The smallest absolute Gasteiger partial charge is 0.306 e. The van der Waals surface area contributed by atoms with Crippen molar-refractivity contribution < 1.29 is 33.0 Å². The molecule has 2 aromatic rings. The lowest BCUT2D eigenvalue weighted by Crippen LogP contribution is -2.58. The minimum atomic E-state index is -1.43. The molecule has 35 heavy (non-hydrogen) atoms. The molecule has 1 aliphatic rings. The van der Waals surface area contributed by atoms with E-state index < -0.39 is 34.6 Å². The van der Waals surface area contributed by atoms with Crippen LogP contribution in [0.25, 0.3) is 0 Å². The van der Waals surface area contributed by atoms with Crippen LogP contribution in [0.4, 0.5) is 4.39 Å². The molecule has 1 unspecified atom stereocenters. The molecule has 0 fully saturated rings. The van der Waals surface area contributed by atoms with Crippen molar-refractivity contribution in [1.29, 1.82) is 0 Å². The van der Waals surface area contributed by atoms with E-state index in [9.17, 15) is 18.8 Å². The minimum absolute atomic E-state index is 0.00217. The monoisotopic (exact) mass is 484 g/mol. The third-order valence-electron chi connectivity index (χ3n) is 5.92. The molecule has 3 rings (SSSR count). The summed E-state index contributed by atoms with van der Waals surface area (Å²) in [5, 5.41) is 0. The van der Waals surface area contributed by atoms with Gasteiger partial charge >= 0.3 is 5.97 Å². The molecule has 0 saturated carbocycles. The average molecular weight is 484 g/mol. The predicted molar refractivity (Wildman–Crippen MR) is 129 cm³/mol. The zero-order chi connectivity index (χ0) is 26.0. The first kappa shape index (κ1) is 26.1. The van der Waals surface area contributed by atoms with Crippen LogP contribution in [0.15, 0.2) is 36.4 Å². The Balaban J connectivity index is 1.80. The summed E-state index contributed by atoms with van der Waals surface area (Å²) in [5.74, 6) is -1.18. The van der Waals surface area contributed by atoms with Crippen LogP contribution in [0.3, 0.4) is 0 Å². The Morgan fingerprint density at radius 2 is 1.91 bits per heavy atom. The molecule has 0 spiro atoms. The van der Waals surface area contributed by atoms with Crippen molar-refractivity contribution in [3.05, 3.63) is 58.9 Å². The van der Waals surface area contributed by atoms with Crippen LogP contribution in [0.2, 0.25) is 0 Å². The maximum atomic E-state index is 14.2. The van der Waals surface area contributed by atoms with E-state index in [1.165, 1.54) is 38.1 Å². The van der Waals surface area contributed by atoms with E-state index in [0.29, 0.717) is 28.2 Å². The van der Waals surface area contributed by atoms with Gasteiger partial charge in [0.05, 0.1) is 19.1 Å². The number of amides is 2. The Morgan fingerprint density at radius 1 is 1.20 bits per heavy atom. The molecular formula is C25H30BFN2O6. The molecule has 1 atom stereocenters. The largest absolute Gasteiger partial charge is 0.497 e. The summed E-state index contributed by atoms with van der Waals surface area (Å²) in [7, 11) is 3.02. The fraction of sp³-hybridized carbons (Fsp3) is 0.400. The number of primary amides is 1. The van der Waals surface area contributed by atoms with Gasteiger partial charge in [0.25, 0.3) is 5.91 Å². The molecular weight excluding hydrogens is 454 g/mol. The third kappa shape index (κ3) is 5.75. The summed E-state index contributed by atoms with van der Waals surface area (Å²) in [4.78, 5) is 39.3. The number of rotatable bonds is 9. The van der Waals surface area contributed by atoms with E-state index >= 15 is 0 Å². The van der Waals surface area contributed by atoms with Gasteiger partial charge in [0, 0.05) is 23.1 Å². The van der Waals surface area contributed by atoms with Crippen LogP contribution in [0.1, 0.15) is 55.1 Å². The Kier molecular flexibility index (Phi) is 7.43. The highest BCUT2D eigenvalue weighted by molar-refractivity contribution is 6.30. The molecule has 0 bridgehead atoms. The molecule has 0 saturated heterocycles. The number of halogens is 1. The van der Waals surface area contributed by atoms with Gasteiger partial charge in [0.15, 0.2) is 0 Å². The van der Waals surface area contributed by atoms with Crippen LogP contribution in [0, 0.1) is 5.82 Å². The number of fused-ring (bicyclic) bond motifs is 1. The minimum Gasteiger partial charge on any atom is -0.497 e. The molecule has 186 valence electrons. The first-order valence-corrected chi connectivity index (χ1v) is 11.3. The van der Waals surface area contributed by atoms with Crippen molar-refractivity contribution in [3.63, 3.8) is 0 Å². The molecule has 2 N–H and O–H groups in total. The summed E-state index contributed by atoms with van der Waals surface area (Å²) in [5.41, 5.74) is 4.82. The first-order valence-electron chi connectivity index (χ1n) is 11.3. The van der Waals surface area contributed by atoms with E-state index in [4.69, 9.17) is 19.9 Å². The first-order chi connectivity index (χ1) is 16.4. The van der Waals surface area contributed by atoms with Gasteiger partial charge in [-0.2, -0.15) is 0 Å². The number of hydrogen-bond donors (Lipinski definition) is 1. The molecule has 0 aromatic heterocycles. The summed E-state index contributed by atoms with van der Waals surface area (Å²) in [6.07, 6.45) is -0.0858. The Hall–Kier alpha value is -3.56. The van der Waals surface area contributed by atoms with E-state index in [2.05, 4.69) is 0 Å². The summed E-state index contributed by atoms with van der Waals surface area (Å²) in [6.45, 7) is 5.21. The van der Waals surface area contributed by atoms with Gasteiger partial charge in [0.1, 0.15) is 37.4 Å². The van der Waals surface area contributed by atoms with Gasteiger partial charge in [-0.15, -0.1) is 0 Å². The molecule has 2 aromatic carbocycles. The van der Waals surface area contributed by atoms with Crippen molar-refractivity contribution in [3.8, 4) is 11.5 Å². The van der Waals surface area contributed by atoms with Crippen LogP contribution in [0.5, 0.6) is 11.5 Å². The molecule has 10 heteroatoms. The lowest BCUT2D eigenvalue weighted by Gasteiger charge is -2.36. The summed E-state index contributed by atoms with van der Waals surface area (Å²) >= 11 is 0. The SMILES string of the molecule is BC(CCC(=O)OC(C)(C)C)(C(N)=O)N1Cc2c(OCc3cc(OC)ccc3F)cccc2C1=O. The maximum Gasteiger partial charge on any atom is 0.306 e. The standard InChI is InChI=1S/C25H30BFN2O6/c1-24(2,3)35-21(30)10-11-25(26,23(28)32)29-13-18-17(22(29)31)6-5-7-20(18)34-14-15-12-16(33-4)8-9-19(15)27/h5-9,12H,10-11,13-14,26H2,1-4H3,(H2,28,32). The number of methoxy groups -OCH3 is 1.